The zero-order valence-electron chi connectivity index (χ0n) is 74.5. The minimum absolute atomic E-state index is 0.0959. The van der Waals surface area contributed by atoms with Gasteiger partial charge in [-0.2, -0.15) is 35.3 Å². The Morgan fingerprint density at radius 3 is 1.60 bits per heavy atom. The maximum atomic E-state index is 15.9. The van der Waals surface area contributed by atoms with E-state index in [9.17, 15) is 72.6 Å². The molecule has 24 atom stereocenters. The van der Waals surface area contributed by atoms with Crippen molar-refractivity contribution >= 4 is 176 Å². The summed E-state index contributed by atoms with van der Waals surface area (Å²) in [4.78, 5) is 297. The van der Waals surface area contributed by atoms with Gasteiger partial charge in [0.05, 0.1) is 25.2 Å². The summed E-state index contributed by atoms with van der Waals surface area (Å²) in [6, 6.07) is -23.8. The molecule has 4 saturated heterocycles. The number of aromatic amines is 1. The van der Waals surface area contributed by atoms with Gasteiger partial charge in [0, 0.05) is 62.6 Å². The first kappa shape index (κ1) is 107. The molecule has 5 heterocycles. The standard InChI is InChI=1S/C81H124N20O24S4/c1-16-36(9)58-75(117)87-47(22-23-55(105)106)68(110)89-50-30-127-40(13)61(101-71(113)49-29-126-28-45(82)66(108)99-60(39(12)102)72(114)85-27-54(104)94-64(44-25-83-46-21-19-18-20-43(44)46)80(122)96-56(34(5)6)73(115)90-49)77(119)88-48(24-33(3)4)69(111)100-62(78(120)98-58)41(14)128-31-51-70(112)86-38(11)65(107)92-52(81(123)124)32-129(125)42(15)63(93-53(103)26-84-67(50)109)79(121)95-57(35(7)8)74(116)97-59(37(10)17-2)76(118)91-51/h18-21,25,33-42,45,47-52,56-64,83,102H,16-17,22-24,26-32,82H2,1-15H3,(H,84,109)(H,85,114)(H,86,112)(H,87,117)(H,88,119)(H,89,110)(H,90,115)(H,91,118)(H,92,107)(H,93,103)(H,94,104)(H,95,121)(H,96,122)(H,97,116)(H,98,120)(H,99,108)(H,100,111)(H,101,113)(H,105,106)(H,123,124)/t36-,37-,38-,39-,40-,41-,42-,45+,47-,48-,49?,50-,51-,52?,56-,57-,58-,59-,60-,61+,62+,63?,64-,129?/m1/s1. The summed E-state index contributed by atoms with van der Waals surface area (Å²) in [7, 11) is 0. The van der Waals surface area contributed by atoms with Gasteiger partial charge in [-0.3, -0.25) is 91.1 Å². The van der Waals surface area contributed by atoms with E-state index in [-0.39, 0.29) is 24.8 Å². The minimum atomic E-state index is -2.60. The van der Waals surface area contributed by atoms with Crippen LogP contribution < -0.4 is 101 Å². The number of benzene rings is 1. The van der Waals surface area contributed by atoms with Crippen molar-refractivity contribution in [2.24, 2.45) is 35.3 Å². The van der Waals surface area contributed by atoms with Crippen molar-refractivity contribution in [3.8, 4) is 0 Å². The van der Waals surface area contributed by atoms with Crippen LogP contribution in [0.25, 0.3) is 10.9 Å². The number of nitrogens with one attached hydrogen (secondary N) is 19. The average molecular weight is 1890 g/mol. The number of carboxylic acids is 2. The Bertz CT molecular complexity index is 4430. The Balaban J connectivity index is 1.63. The fourth-order valence-corrected chi connectivity index (χ4v) is 18.5. The number of aliphatic hydroxyl groups excluding tert-OH is 1. The SMILES string of the molecule is CC[C@@H](C)[C@H]1NC(=O)[C@H]2NC(=O)[C@@H](CC(C)C)NC(=O)[C@@H](NC(=O)C3CSC[C@H](N)C(=O)N[C@H]([C@@H](C)O)C(=O)NCC(=O)N[C@H](c4c[nH]c5ccccc45)C(=O)N[C@H](C(C)C)C(=O)N3)[C@@H](C)SC[C@@H](NC(=O)[C@@H](CCC(=O)O)NC1=O)C(=O)NCC(=O)NC1C(=O)N[C@H](C(C)C)C(=O)N[C@H]([C@H](C)CC)C(=O)N[C@H](CS[C@@H]2C)C(=O)N[C@H](C)C(=O)NC(C(=O)O)C[S+]([O-])[C@@H]1C. The molecule has 18 amide bonds. The molecule has 0 saturated carbocycles. The van der Waals surface area contributed by atoms with Gasteiger partial charge in [-0.25, -0.2) is 4.79 Å². The van der Waals surface area contributed by atoms with Crippen LogP contribution in [0.4, 0.5) is 0 Å². The van der Waals surface area contributed by atoms with Gasteiger partial charge in [-0.1, -0.05) is 114 Å². The lowest BCUT2D eigenvalue weighted by molar-refractivity contribution is -0.141. The number of nitrogens with two attached hydrogens (primary N) is 1. The van der Waals surface area contributed by atoms with Crippen LogP contribution in [0.2, 0.25) is 0 Å². The van der Waals surface area contributed by atoms with Crippen molar-refractivity contribution in [1.29, 1.82) is 0 Å². The molecule has 44 nitrogen and oxygen atoms in total. The number of carboxylic acid groups (broad SMARTS) is 2. The molecule has 129 heavy (non-hydrogen) atoms. The molecule has 24 N–H and O–H groups in total. The fourth-order valence-electron chi connectivity index (χ4n) is 13.9. The number of thioether (sulfide) groups is 3. The van der Waals surface area contributed by atoms with Crippen LogP contribution >= 0.6 is 35.3 Å². The second-order valence-corrected chi connectivity index (χ2v) is 39.4. The zero-order valence-corrected chi connectivity index (χ0v) is 77.8. The average Bonchev–Trinajstić information content (AvgIpc) is 0.934. The third-order valence-electron chi connectivity index (χ3n) is 22.3. The Labute approximate surface area is 761 Å². The quantitative estimate of drug-likeness (QED) is 0.0550. The minimum Gasteiger partial charge on any atom is -0.616 e. The summed E-state index contributed by atoms with van der Waals surface area (Å²) >= 11 is -0.480. The van der Waals surface area contributed by atoms with Crippen LogP contribution in [0.3, 0.4) is 0 Å². The van der Waals surface area contributed by atoms with Crippen LogP contribution in [0.5, 0.6) is 0 Å². The monoisotopic (exact) mass is 1890 g/mol. The molecule has 4 fully saturated rings. The van der Waals surface area contributed by atoms with Gasteiger partial charge in [0.15, 0.2) is 12.1 Å². The molecular weight excluding hydrogens is 1770 g/mol. The molecule has 4 bridgehead atoms. The molecular formula is C81H124N20O24S4. The highest BCUT2D eigenvalue weighted by Crippen LogP contribution is 2.28. The summed E-state index contributed by atoms with van der Waals surface area (Å²) in [6.45, 7) is 19.9. The fraction of sp³-hybridized carbons (Fsp3) is 0.654. The lowest BCUT2D eigenvalue weighted by atomic mass is 9.96. The van der Waals surface area contributed by atoms with Gasteiger partial charge in [0.2, 0.25) is 106 Å². The van der Waals surface area contributed by atoms with E-state index >= 15 is 43.2 Å². The van der Waals surface area contributed by atoms with Gasteiger partial charge in [-0.15, -0.1) is 0 Å². The molecule has 1 aromatic heterocycles. The Kier molecular flexibility index (Phi) is 41.6. The van der Waals surface area contributed by atoms with Crippen LogP contribution in [-0.2, 0) is 107 Å². The molecule has 0 radical (unpaired) electrons. The van der Waals surface area contributed by atoms with E-state index < -0.39 is 338 Å². The molecule has 0 spiro atoms. The second kappa shape index (κ2) is 50.0. The van der Waals surface area contributed by atoms with Gasteiger partial charge in [0.1, 0.15) is 95.6 Å². The first-order valence-electron chi connectivity index (χ1n) is 42.6. The van der Waals surface area contributed by atoms with Crippen LogP contribution in [0.1, 0.15) is 148 Å². The molecule has 4 aliphatic rings. The number of hydrogen-bond acceptors (Lipinski definition) is 26. The molecule has 48 heteroatoms. The summed E-state index contributed by atoms with van der Waals surface area (Å²) in [5, 5.41) is 72.8. The molecule has 2 aromatic rings. The summed E-state index contributed by atoms with van der Waals surface area (Å²) < 4.78 is 14.6. The van der Waals surface area contributed by atoms with E-state index in [4.69, 9.17) is 5.73 Å². The van der Waals surface area contributed by atoms with Gasteiger partial charge in [0.25, 0.3) is 0 Å². The van der Waals surface area contributed by atoms with Crippen molar-refractivity contribution in [2.75, 3.05) is 41.9 Å². The van der Waals surface area contributed by atoms with E-state index in [0.29, 0.717) is 34.4 Å². The third kappa shape index (κ3) is 31.1. The predicted molar refractivity (Wildman–Crippen MR) is 476 cm³/mol. The van der Waals surface area contributed by atoms with Crippen molar-refractivity contribution in [1.82, 2.24) is 101 Å². The number of aliphatic hydroxyl groups is 1. The number of hydrogen-bond donors (Lipinski definition) is 23. The third-order valence-corrected chi connectivity index (χ3v) is 27.8. The number of fused-ring (bicyclic) bond motifs is 19. The van der Waals surface area contributed by atoms with Crippen molar-refractivity contribution < 1.29 is 116 Å². The highest BCUT2D eigenvalue weighted by Gasteiger charge is 2.46. The predicted octanol–water partition coefficient (Wildman–Crippen LogP) is -5.87. The normalized spacial score (nSPS) is 30.7. The van der Waals surface area contributed by atoms with E-state index in [1.807, 2.05) is 0 Å². The molecule has 1 aromatic carbocycles. The Hall–Kier alpha value is -10.6. The zero-order chi connectivity index (χ0) is 96.4. The summed E-state index contributed by atoms with van der Waals surface area (Å²) in [5.41, 5.74) is 7.10. The van der Waals surface area contributed by atoms with Gasteiger partial charge >= 0.3 is 11.9 Å². The van der Waals surface area contributed by atoms with Crippen LogP contribution in [0.15, 0.2) is 30.5 Å². The molecule has 4 aliphatic heterocycles. The van der Waals surface area contributed by atoms with E-state index in [0.717, 1.165) is 25.6 Å². The number of amides is 18. The maximum absolute atomic E-state index is 15.9. The van der Waals surface area contributed by atoms with Crippen molar-refractivity contribution in [2.45, 2.75) is 261 Å². The largest absolute Gasteiger partial charge is 0.616 e. The Morgan fingerprint density at radius 1 is 0.504 bits per heavy atom. The number of carbonyl (C=O) groups is 20. The maximum Gasteiger partial charge on any atom is 0.331 e. The number of rotatable bonds is 16. The second-order valence-electron chi connectivity index (χ2n) is 33.6. The highest BCUT2D eigenvalue weighted by atomic mass is 32.2. The van der Waals surface area contributed by atoms with Gasteiger partial charge < -0.3 is 126 Å². The van der Waals surface area contributed by atoms with Crippen molar-refractivity contribution in [3.63, 3.8) is 0 Å². The highest BCUT2D eigenvalue weighted by molar-refractivity contribution is 8.00. The molecule has 716 valence electrons. The number of aromatic nitrogens is 1. The smallest absolute Gasteiger partial charge is 0.331 e. The van der Waals surface area contributed by atoms with E-state index in [1.165, 1.54) is 61.6 Å². The Morgan fingerprint density at radius 2 is 1.01 bits per heavy atom. The van der Waals surface area contributed by atoms with Crippen LogP contribution in [-0.4, -0.2) is 304 Å². The number of carbonyl (C=O) groups excluding carboxylic acids is 18. The molecule has 4 unspecified atom stereocenters. The first-order chi connectivity index (χ1) is 60.6. The number of para-hydroxylation sites is 1. The topological polar surface area (TPSA) is 683 Å². The van der Waals surface area contributed by atoms with E-state index in [2.05, 4.69) is 101 Å². The van der Waals surface area contributed by atoms with E-state index in [1.54, 1.807) is 58.9 Å². The number of aliphatic carboxylic acids is 2. The lowest BCUT2D eigenvalue weighted by Gasteiger charge is -2.32. The molecule has 0 aliphatic carbocycles. The number of H-pyrrole nitrogens is 1. The van der Waals surface area contributed by atoms with Gasteiger partial charge in [-0.05, 0) is 80.4 Å². The van der Waals surface area contributed by atoms with Crippen molar-refractivity contribution in [3.05, 3.63) is 36.0 Å². The van der Waals surface area contributed by atoms with Crippen LogP contribution in [0, 0.1) is 29.6 Å². The summed E-state index contributed by atoms with van der Waals surface area (Å²) in [5.74, 6) is -30.9. The molecule has 6 rings (SSSR count). The summed E-state index contributed by atoms with van der Waals surface area (Å²) in [6.07, 6.45) is -1.76. The lowest BCUT2D eigenvalue weighted by Crippen LogP contribution is -2.63. The first-order valence-corrected chi connectivity index (χ1v) is 47.2.